The second-order valence-electron chi connectivity index (χ2n) is 13.7. The van der Waals surface area contributed by atoms with Crippen LogP contribution in [0, 0.1) is 5.92 Å². The lowest BCUT2D eigenvalue weighted by molar-refractivity contribution is -0.138. The van der Waals surface area contributed by atoms with Crippen LogP contribution in [0.2, 0.25) is 0 Å². The van der Waals surface area contributed by atoms with Crippen molar-refractivity contribution in [1.82, 2.24) is 42.1 Å². The minimum absolute atomic E-state index is 0.00649. The van der Waals surface area contributed by atoms with Gasteiger partial charge in [-0.25, -0.2) is 0 Å². The van der Waals surface area contributed by atoms with Crippen LogP contribution in [0.4, 0.5) is 0 Å². The standard InChI is InChI=1S/C31H58N8O7/c1-12-13-23(41)36-29(4,5)27(45)34-19-24(42)35-21(18-20(2)3)25(43)37-31(8,9)28(46)38-30(6,7)26(44)33-15-14-22(40)32-16-17-39(10)11/h20-21H,12-19H2,1-11H3,(H,32,40)(H,33,44)(H,34,45)(H,35,42)(H,36,41)(H,37,43)(H,38,46). The van der Waals surface area contributed by atoms with Gasteiger partial charge in [0.15, 0.2) is 0 Å². The number of likely N-dealkylation sites (N-methyl/N-ethyl adjacent to an activating group) is 1. The van der Waals surface area contributed by atoms with Gasteiger partial charge in [0.1, 0.15) is 22.7 Å². The number of amides is 7. The molecule has 0 fully saturated rings. The van der Waals surface area contributed by atoms with Crippen LogP contribution >= 0.6 is 0 Å². The number of carbonyl (C=O) groups excluding carboxylic acids is 7. The molecule has 1 unspecified atom stereocenters. The Bertz CT molecular complexity index is 1090. The number of carbonyl (C=O) groups is 7. The Labute approximate surface area is 273 Å². The van der Waals surface area contributed by atoms with E-state index in [0.29, 0.717) is 19.5 Å². The van der Waals surface area contributed by atoms with Gasteiger partial charge in [-0.1, -0.05) is 20.8 Å². The van der Waals surface area contributed by atoms with E-state index in [1.165, 1.54) is 41.5 Å². The molecule has 0 aromatic rings. The molecule has 0 bridgehead atoms. The van der Waals surface area contributed by atoms with E-state index in [1.54, 1.807) is 0 Å². The first-order chi connectivity index (χ1) is 21.0. The van der Waals surface area contributed by atoms with Crippen molar-refractivity contribution in [2.24, 2.45) is 5.92 Å². The van der Waals surface area contributed by atoms with Crippen molar-refractivity contribution < 1.29 is 33.6 Å². The second kappa shape index (κ2) is 19.0. The van der Waals surface area contributed by atoms with Crippen molar-refractivity contribution in [2.45, 2.75) is 111 Å². The van der Waals surface area contributed by atoms with Gasteiger partial charge in [0, 0.05) is 32.5 Å². The van der Waals surface area contributed by atoms with Gasteiger partial charge in [0.05, 0.1) is 6.54 Å². The molecule has 0 aliphatic rings. The third-order valence-electron chi connectivity index (χ3n) is 6.78. The summed E-state index contributed by atoms with van der Waals surface area (Å²) in [6.45, 7) is 15.4. The Balaban J connectivity index is 5.17. The summed E-state index contributed by atoms with van der Waals surface area (Å²) in [4.78, 5) is 90.4. The van der Waals surface area contributed by atoms with Crippen molar-refractivity contribution in [1.29, 1.82) is 0 Å². The highest BCUT2D eigenvalue weighted by molar-refractivity contribution is 5.98. The minimum atomic E-state index is -1.48. The van der Waals surface area contributed by atoms with Gasteiger partial charge >= 0.3 is 0 Å². The number of nitrogens with zero attached hydrogens (tertiary/aromatic N) is 1. The highest BCUT2D eigenvalue weighted by Crippen LogP contribution is 2.12. The maximum atomic E-state index is 13.3. The summed E-state index contributed by atoms with van der Waals surface area (Å²) in [7, 11) is 3.78. The van der Waals surface area contributed by atoms with Crippen molar-refractivity contribution in [3.63, 3.8) is 0 Å². The molecule has 0 saturated carbocycles. The van der Waals surface area contributed by atoms with E-state index in [-0.39, 0.29) is 43.5 Å². The molecular weight excluding hydrogens is 596 g/mol. The van der Waals surface area contributed by atoms with E-state index in [1.807, 2.05) is 39.8 Å². The van der Waals surface area contributed by atoms with Crippen molar-refractivity contribution in [3.8, 4) is 0 Å². The Hall–Kier alpha value is -3.75. The molecule has 0 aliphatic carbocycles. The summed E-state index contributed by atoms with van der Waals surface area (Å²) < 4.78 is 0. The van der Waals surface area contributed by atoms with Gasteiger partial charge in [-0.05, 0) is 74.4 Å². The zero-order valence-corrected chi connectivity index (χ0v) is 29.6. The first-order valence-electron chi connectivity index (χ1n) is 15.8. The molecule has 0 aromatic carbocycles. The third-order valence-corrected chi connectivity index (χ3v) is 6.78. The Morgan fingerprint density at radius 1 is 0.630 bits per heavy atom. The zero-order chi connectivity index (χ0) is 35.9. The average Bonchev–Trinajstić information content (AvgIpc) is 2.90. The predicted octanol–water partition coefficient (Wildman–Crippen LogP) is -0.698. The van der Waals surface area contributed by atoms with Crippen LogP contribution in [0.1, 0.15) is 88.0 Å². The Morgan fingerprint density at radius 2 is 1.17 bits per heavy atom. The van der Waals surface area contributed by atoms with E-state index in [2.05, 4.69) is 37.2 Å². The van der Waals surface area contributed by atoms with E-state index >= 15 is 0 Å². The van der Waals surface area contributed by atoms with E-state index < -0.39 is 58.7 Å². The van der Waals surface area contributed by atoms with Gasteiger partial charge in [-0.15, -0.1) is 0 Å². The fraction of sp³-hybridized carbons (Fsp3) is 0.774. The number of nitrogens with one attached hydrogen (secondary N) is 7. The van der Waals surface area contributed by atoms with Gasteiger partial charge in [-0.2, -0.15) is 0 Å². The monoisotopic (exact) mass is 654 g/mol. The van der Waals surface area contributed by atoms with Crippen LogP contribution < -0.4 is 37.2 Å². The van der Waals surface area contributed by atoms with E-state index in [9.17, 15) is 33.6 Å². The molecule has 15 nitrogen and oxygen atoms in total. The molecule has 264 valence electrons. The lowest BCUT2D eigenvalue weighted by Crippen LogP contribution is -2.64. The third kappa shape index (κ3) is 16.5. The topological polar surface area (TPSA) is 207 Å². The molecule has 7 amide bonds. The van der Waals surface area contributed by atoms with Crippen molar-refractivity contribution in [3.05, 3.63) is 0 Å². The summed E-state index contributed by atoms with van der Waals surface area (Å²) in [6.07, 6.45) is 1.21. The van der Waals surface area contributed by atoms with Crippen LogP contribution in [-0.2, 0) is 33.6 Å². The molecule has 46 heavy (non-hydrogen) atoms. The normalized spacial score (nSPS) is 12.5. The molecule has 15 heteroatoms. The van der Waals surface area contributed by atoms with E-state index in [4.69, 9.17) is 0 Å². The van der Waals surface area contributed by atoms with Crippen LogP contribution in [0.25, 0.3) is 0 Å². The molecule has 0 aliphatic heterocycles. The molecular formula is C31H58N8O7. The van der Waals surface area contributed by atoms with Crippen LogP contribution in [0.3, 0.4) is 0 Å². The van der Waals surface area contributed by atoms with Crippen molar-refractivity contribution >= 4 is 41.4 Å². The number of hydrogen-bond acceptors (Lipinski definition) is 8. The van der Waals surface area contributed by atoms with Crippen LogP contribution in [-0.4, -0.2) is 109 Å². The molecule has 7 N–H and O–H groups in total. The number of rotatable bonds is 20. The fourth-order valence-electron chi connectivity index (χ4n) is 3.99. The van der Waals surface area contributed by atoms with Gasteiger partial charge in [-0.3, -0.25) is 33.6 Å². The minimum Gasteiger partial charge on any atom is -0.355 e. The highest BCUT2D eigenvalue weighted by atomic mass is 16.2. The Morgan fingerprint density at radius 3 is 1.72 bits per heavy atom. The fourth-order valence-corrected chi connectivity index (χ4v) is 3.99. The summed E-state index contributed by atoms with van der Waals surface area (Å²) in [5.41, 5.74) is -4.09. The first kappa shape index (κ1) is 42.2. The summed E-state index contributed by atoms with van der Waals surface area (Å²) in [6, 6.07) is -1.02. The summed E-state index contributed by atoms with van der Waals surface area (Å²) in [5.74, 6) is -3.47. The molecule has 0 saturated heterocycles. The lowest BCUT2D eigenvalue weighted by atomic mass is 9.97. The molecule has 1 atom stereocenters. The SMILES string of the molecule is CCCC(=O)NC(C)(C)C(=O)NCC(=O)NC(CC(C)C)C(=O)NC(C)(C)C(=O)NC(C)(C)C(=O)NCCC(=O)NCCN(C)C. The maximum Gasteiger partial charge on any atom is 0.246 e. The zero-order valence-electron chi connectivity index (χ0n) is 29.6. The predicted molar refractivity (Wildman–Crippen MR) is 175 cm³/mol. The summed E-state index contributed by atoms with van der Waals surface area (Å²) >= 11 is 0. The summed E-state index contributed by atoms with van der Waals surface area (Å²) in [5, 5.41) is 18.4. The van der Waals surface area contributed by atoms with E-state index in [0.717, 1.165) is 0 Å². The molecule has 0 radical (unpaired) electrons. The van der Waals surface area contributed by atoms with Gasteiger partial charge < -0.3 is 42.1 Å². The number of hydrogen-bond donors (Lipinski definition) is 7. The van der Waals surface area contributed by atoms with Gasteiger partial charge in [0.25, 0.3) is 0 Å². The smallest absolute Gasteiger partial charge is 0.246 e. The lowest BCUT2D eigenvalue weighted by Gasteiger charge is -2.33. The largest absolute Gasteiger partial charge is 0.355 e. The molecule has 0 spiro atoms. The Kier molecular flexibility index (Phi) is 17.5. The first-order valence-corrected chi connectivity index (χ1v) is 15.8. The van der Waals surface area contributed by atoms with Crippen molar-refractivity contribution in [2.75, 3.05) is 40.3 Å². The molecule has 0 heterocycles. The second-order valence-corrected chi connectivity index (χ2v) is 13.7. The molecule has 0 aromatic heterocycles. The quantitative estimate of drug-likeness (QED) is 0.0892. The van der Waals surface area contributed by atoms with Crippen LogP contribution in [0.5, 0.6) is 0 Å². The maximum absolute atomic E-state index is 13.3. The van der Waals surface area contributed by atoms with Gasteiger partial charge in [0.2, 0.25) is 41.4 Å². The molecule has 0 rings (SSSR count). The average molecular weight is 655 g/mol. The highest BCUT2D eigenvalue weighted by Gasteiger charge is 2.38. The van der Waals surface area contributed by atoms with Crippen LogP contribution in [0.15, 0.2) is 0 Å².